The predicted octanol–water partition coefficient (Wildman–Crippen LogP) is 1.16. The number of Topliss-reactive ketones (excluding diaryl/α,β-unsaturated/α-hetero) is 1. The van der Waals surface area contributed by atoms with Crippen molar-refractivity contribution in [2.45, 2.75) is 18.5 Å². The van der Waals surface area contributed by atoms with Crippen LogP contribution in [0.4, 0.5) is 9.93 Å². The third kappa shape index (κ3) is 7.52. The van der Waals surface area contributed by atoms with Gasteiger partial charge in [0.1, 0.15) is 17.0 Å². The third-order valence-corrected chi connectivity index (χ3v) is 8.50. The second-order valence-corrected chi connectivity index (χ2v) is 11.6. The van der Waals surface area contributed by atoms with E-state index in [1.54, 1.807) is 32.4 Å². The molecule has 236 valence electrons. The molecule has 4 heterocycles. The Morgan fingerprint density at radius 2 is 2.04 bits per heavy atom. The molecule has 45 heavy (non-hydrogen) atoms. The zero-order chi connectivity index (χ0) is 32.8. The lowest BCUT2D eigenvalue weighted by atomic mass is 9.89. The maximum absolute atomic E-state index is 13.3. The third-order valence-electron chi connectivity index (χ3n) is 6.38. The number of carboxylic acid groups (broad SMARTS) is 2. The summed E-state index contributed by atoms with van der Waals surface area (Å²) < 4.78 is 6.66. The number of amides is 3. The van der Waals surface area contributed by atoms with E-state index >= 15 is 0 Å². The average molecular weight is 660 g/mol. The normalized spacial score (nSPS) is 17.5. The average Bonchev–Trinajstić information content (AvgIpc) is 3.47. The lowest BCUT2D eigenvalue weighted by molar-refractivity contribution is -0.727. The quantitative estimate of drug-likeness (QED) is 0.120. The van der Waals surface area contributed by atoms with Gasteiger partial charge in [-0.25, -0.2) is 19.4 Å². The number of thioether (sulfide) groups is 1. The van der Waals surface area contributed by atoms with Crippen LogP contribution in [0, 0.1) is 5.92 Å². The van der Waals surface area contributed by atoms with Crippen LogP contribution in [0.5, 0.6) is 0 Å². The Bertz CT molecular complexity index is 1630. The molecular formula is C27H27N6O10S2+. The number of allylic oxidation sites excluding steroid dienone is 1. The minimum atomic E-state index is -1.35. The molecule has 4 rings (SSSR count). The van der Waals surface area contributed by atoms with Crippen LogP contribution in [0.25, 0.3) is 0 Å². The van der Waals surface area contributed by atoms with Gasteiger partial charge in [0, 0.05) is 37.7 Å². The van der Waals surface area contributed by atoms with Gasteiger partial charge in [0.15, 0.2) is 29.0 Å². The van der Waals surface area contributed by atoms with Gasteiger partial charge in [0.25, 0.3) is 12.6 Å². The van der Waals surface area contributed by atoms with Crippen LogP contribution in [0.3, 0.4) is 0 Å². The number of carbonyl (C=O) groups is 6. The van der Waals surface area contributed by atoms with Crippen LogP contribution < -0.4 is 9.88 Å². The number of ketones is 1. The Balaban J connectivity index is 1.43. The number of nitrogens with one attached hydrogen (secondary N) is 1. The number of fused-ring (bicyclic) bond motifs is 1. The Kier molecular flexibility index (Phi) is 10.3. The SMILES string of the molecule is C=CC1=C(C(=O)O)N2C(=O)[C@@H](CC(=O)/C(=N/OCC(=O)O)c3csc(NC(=O)OC[n+]4cccc(C(=O)N(C)C)c4)n3)[C@H]2SC1. The number of carboxylic acids is 2. The van der Waals surface area contributed by atoms with Crippen LogP contribution in [0.1, 0.15) is 22.5 Å². The molecule has 0 radical (unpaired) electrons. The maximum Gasteiger partial charge on any atom is 0.418 e. The second-order valence-electron chi connectivity index (χ2n) is 9.66. The van der Waals surface area contributed by atoms with Crippen molar-refractivity contribution < 1.29 is 53.1 Å². The standard InChI is InChI=1S/C27H26N6O10S2/c1-4-14-11-44-24-16(23(38)33(24)21(14)25(39)40)8-18(34)20(30-43-10-19(35)36)17-12-45-26(28-17)29-27(41)42-13-32-7-5-6-15(9-32)22(37)31(2)3/h4-7,9,12,16,24H,1,8,10-11,13H2,2-3H3,(H2-,28,29,35,36,39,40,41)/p+1/b30-20+/t16-,24-/m1/s1. The monoisotopic (exact) mass is 659 g/mol. The van der Waals surface area contributed by atoms with E-state index in [9.17, 15) is 33.9 Å². The Labute approximate surface area is 263 Å². The van der Waals surface area contributed by atoms with Crippen molar-refractivity contribution in [3.63, 3.8) is 0 Å². The molecular weight excluding hydrogens is 632 g/mol. The van der Waals surface area contributed by atoms with E-state index in [-0.39, 0.29) is 47.0 Å². The van der Waals surface area contributed by atoms with Crippen molar-refractivity contribution in [1.29, 1.82) is 0 Å². The predicted molar refractivity (Wildman–Crippen MR) is 158 cm³/mol. The number of anilines is 1. The Morgan fingerprint density at radius 3 is 2.71 bits per heavy atom. The second kappa shape index (κ2) is 14.1. The topological polar surface area (TPSA) is 209 Å². The first kappa shape index (κ1) is 32.8. The molecule has 2 aliphatic heterocycles. The van der Waals surface area contributed by atoms with Gasteiger partial charge in [-0.15, -0.1) is 23.1 Å². The van der Waals surface area contributed by atoms with E-state index in [1.807, 2.05) is 0 Å². The number of ether oxygens (including phenoxy) is 1. The number of thiazole rings is 1. The molecule has 0 aromatic carbocycles. The van der Waals surface area contributed by atoms with Crippen LogP contribution in [0.2, 0.25) is 0 Å². The van der Waals surface area contributed by atoms with E-state index in [1.165, 1.54) is 38.9 Å². The van der Waals surface area contributed by atoms with Gasteiger partial charge in [-0.1, -0.05) is 17.8 Å². The molecule has 0 bridgehead atoms. The lowest BCUT2D eigenvalue weighted by Crippen LogP contribution is -2.62. The summed E-state index contributed by atoms with van der Waals surface area (Å²) in [5.41, 5.74) is 0.140. The van der Waals surface area contributed by atoms with Gasteiger partial charge >= 0.3 is 18.0 Å². The van der Waals surface area contributed by atoms with Crippen molar-refractivity contribution in [2.24, 2.45) is 11.1 Å². The van der Waals surface area contributed by atoms with Gasteiger partial charge in [0.2, 0.25) is 12.5 Å². The van der Waals surface area contributed by atoms with Crippen molar-refractivity contribution in [1.82, 2.24) is 14.8 Å². The first-order valence-corrected chi connectivity index (χ1v) is 14.9. The van der Waals surface area contributed by atoms with Crippen LogP contribution >= 0.6 is 23.1 Å². The van der Waals surface area contributed by atoms with Gasteiger partial charge in [0.05, 0.1) is 11.3 Å². The molecule has 0 aliphatic carbocycles. The number of nitrogens with zero attached hydrogens (tertiary/aromatic N) is 5. The number of hydrogen-bond acceptors (Lipinski definition) is 12. The molecule has 2 atom stereocenters. The van der Waals surface area contributed by atoms with E-state index in [0.29, 0.717) is 11.1 Å². The molecule has 18 heteroatoms. The molecule has 2 aromatic rings. The largest absolute Gasteiger partial charge is 0.479 e. The van der Waals surface area contributed by atoms with Crippen LogP contribution in [0.15, 0.2) is 59.0 Å². The highest BCUT2D eigenvalue weighted by Gasteiger charge is 2.54. The maximum atomic E-state index is 13.3. The zero-order valence-electron chi connectivity index (χ0n) is 23.9. The van der Waals surface area contributed by atoms with Crippen molar-refractivity contribution in [3.8, 4) is 0 Å². The van der Waals surface area contributed by atoms with Gasteiger partial charge in [-0.05, 0) is 11.6 Å². The molecule has 3 N–H and O–H groups in total. The minimum absolute atomic E-state index is 0.0113. The van der Waals surface area contributed by atoms with Crippen LogP contribution in [-0.2, 0) is 35.5 Å². The molecule has 0 unspecified atom stereocenters. The zero-order valence-corrected chi connectivity index (χ0v) is 25.5. The van der Waals surface area contributed by atoms with Gasteiger partial charge in [-0.2, -0.15) is 4.57 Å². The number of oxime groups is 1. The van der Waals surface area contributed by atoms with Crippen molar-refractivity contribution in [3.05, 3.63) is 65.1 Å². The first-order valence-electron chi connectivity index (χ1n) is 13.0. The van der Waals surface area contributed by atoms with Gasteiger partial charge < -0.3 is 24.7 Å². The number of carbonyl (C=O) groups excluding carboxylic acids is 4. The summed E-state index contributed by atoms with van der Waals surface area (Å²) in [5, 5.41) is 25.4. The van der Waals surface area contributed by atoms with Gasteiger partial charge in [-0.3, -0.25) is 24.6 Å². The summed E-state index contributed by atoms with van der Waals surface area (Å²) in [7, 11) is 3.22. The number of pyridine rings is 1. The fourth-order valence-electron chi connectivity index (χ4n) is 4.31. The van der Waals surface area contributed by atoms with Crippen molar-refractivity contribution >= 4 is 69.6 Å². The van der Waals surface area contributed by atoms with E-state index in [4.69, 9.17) is 14.7 Å². The molecule has 1 fully saturated rings. The molecule has 0 spiro atoms. The highest BCUT2D eigenvalue weighted by atomic mass is 32.2. The van der Waals surface area contributed by atoms with Crippen molar-refractivity contribution in [2.75, 3.05) is 31.8 Å². The smallest absolute Gasteiger partial charge is 0.418 e. The fraction of sp³-hybridized carbons (Fsp3) is 0.296. The Hall–Kier alpha value is -5.10. The number of aliphatic carboxylic acids is 2. The summed E-state index contributed by atoms with van der Waals surface area (Å²) in [6.07, 6.45) is 3.21. The van der Waals surface area contributed by atoms with E-state index in [2.05, 4.69) is 22.0 Å². The van der Waals surface area contributed by atoms with E-state index in [0.717, 1.165) is 16.2 Å². The Morgan fingerprint density at radius 1 is 1.29 bits per heavy atom. The number of rotatable bonds is 13. The summed E-state index contributed by atoms with van der Waals surface area (Å²) >= 11 is 2.20. The fourth-order valence-corrected chi connectivity index (χ4v) is 6.40. The highest BCUT2D eigenvalue weighted by Crippen LogP contribution is 2.45. The first-order chi connectivity index (χ1) is 21.4. The summed E-state index contributed by atoms with van der Waals surface area (Å²) in [6.45, 7) is 2.51. The number of aromatic nitrogens is 2. The lowest BCUT2D eigenvalue weighted by Gasteiger charge is -2.49. The number of hydrogen-bond donors (Lipinski definition) is 3. The minimum Gasteiger partial charge on any atom is -0.479 e. The molecule has 2 aromatic heterocycles. The molecule has 2 aliphatic rings. The summed E-state index contributed by atoms with van der Waals surface area (Å²) in [4.78, 5) is 85.0. The molecule has 16 nitrogen and oxygen atoms in total. The number of β-lactam (4-membered cyclic amide) rings is 1. The summed E-state index contributed by atoms with van der Waals surface area (Å²) in [6, 6.07) is 3.24. The summed E-state index contributed by atoms with van der Waals surface area (Å²) in [5.74, 6) is -4.74. The molecule has 0 saturated carbocycles. The highest BCUT2D eigenvalue weighted by molar-refractivity contribution is 8.00. The molecule has 1 saturated heterocycles. The van der Waals surface area contributed by atoms with Crippen LogP contribution in [-0.4, -0.2) is 98.2 Å². The molecule has 3 amide bonds. The van der Waals surface area contributed by atoms with E-state index < -0.39 is 47.6 Å².